The van der Waals surface area contributed by atoms with Gasteiger partial charge in [-0.2, -0.15) is 5.06 Å². The molecule has 0 aliphatic heterocycles. The van der Waals surface area contributed by atoms with Crippen LogP contribution in [0, 0.1) is 0 Å². The number of nitrogens with zero attached hydrogens (tertiary/aromatic N) is 1. The van der Waals surface area contributed by atoms with Crippen molar-refractivity contribution in [2.75, 3.05) is 30.6 Å². The normalized spacial score (nSPS) is 10.8. The quantitative estimate of drug-likeness (QED) is 0.258. The molecule has 2 aromatic rings. The zero-order valence-corrected chi connectivity index (χ0v) is 16.8. The number of urea groups is 2. The fraction of sp³-hybridized carbons (Fsp3) is 0.263. The van der Waals surface area contributed by atoms with E-state index >= 15 is 0 Å². The minimum atomic E-state index is -4.79. The maximum Gasteiger partial charge on any atom is 0.573 e. The third kappa shape index (κ3) is 7.75. The minimum Gasteiger partial charge on any atom is -0.493 e. The van der Waals surface area contributed by atoms with Crippen molar-refractivity contribution in [3.63, 3.8) is 0 Å². The highest BCUT2D eigenvalue weighted by molar-refractivity contribution is 5.89. The lowest BCUT2D eigenvalue weighted by atomic mass is 10.2. The first kappa shape index (κ1) is 24.4. The van der Waals surface area contributed by atoms with Crippen LogP contribution in [-0.2, 0) is 0 Å². The summed E-state index contributed by atoms with van der Waals surface area (Å²) in [6, 6.07) is 7.32. The second-order valence-corrected chi connectivity index (χ2v) is 6.14. The molecule has 0 unspecified atom stereocenters. The van der Waals surface area contributed by atoms with Gasteiger partial charge in [-0.15, -0.1) is 13.2 Å². The predicted octanol–water partition coefficient (Wildman–Crippen LogP) is 3.46. The number of halogens is 3. The Bertz CT molecular complexity index is 924. The van der Waals surface area contributed by atoms with E-state index in [9.17, 15) is 28.0 Å². The fourth-order valence-corrected chi connectivity index (χ4v) is 2.41. The zero-order chi connectivity index (χ0) is 23.7. The van der Waals surface area contributed by atoms with E-state index < -0.39 is 24.2 Å². The molecule has 0 aliphatic carbocycles. The van der Waals surface area contributed by atoms with Crippen molar-refractivity contribution in [1.29, 1.82) is 0 Å². The molecule has 2 rings (SSSR count). The number of rotatable bonds is 9. The lowest BCUT2D eigenvalue weighted by Gasteiger charge is -2.16. The van der Waals surface area contributed by atoms with Gasteiger partial charge in [0.2, 0.25) is 0 Å². The van der Waals surface area contributed by atoms with Gasteiger partial charge in [0.05, 0.1) is 19.4 Å². The van der Waals surface area contributed by atoms with E-state index in [4.69, 9.17) is 15.2 Å². The van der Waals surface area contributed by atoms with Gasteiger partial charge in [0.15, 0.2) is 11.5 Å². The second kappa shape index (κ2) is 10.9. The predicted molar refractivity (Wildman–Crippen MR) is 107 cm³/mol. The number of anilines is 2. The van der Waals surface area contributed by atoms with E-state index in [1.54, 1.807) is 0 Å². The Labute approximate surface area is 180 Å². The van der Waals surface area contributed by atoms with Gasteiger partial charge in [-0.05, 0) is 42.8 Å². The summed E-state index contributed by atoms with van der Waals surface area (Å²) in [6.07, 6.45) is -4.37. The van der Waals surface area contributed by atoms with E-state index in [1.807, 2.05) is 0 Å². The number of hydroxylamine groups is 1. The van der Waals surface area contributed by atoms with Crippen LogP contribution in [-0.4, -0.2) is 43.9 Å². The molecule has 0 heterocycles. The number of carbonyl (C=O) groups is 2. The van der Waals surface area contributed by atoms with Gasteiger partial charge in [0, 0.05) is 18.3 Å². The van der Waals surface area contributed by atoms with E-state index in [0.29, 0.717) is 12.2 Å². The van der Waals surface area contributed by atoms with E-state index in [-0.39, 0.29) is 35.3 Å². The number of alkyl halides is 3. The van der Waals surface area contributed by atoms with Crippen LogP contribution in [0.15, 0.2) is 42.5 Å². The topological polar surface area (TPSA) is 135 Å². The highest BCUT2D eigenvalue weighted by Crippen LogP contribution is 2.31. The molecule has 0 aromatic heterocycles. The Morgan fingerprint density at radius 3 is 2.41 bits per heavy atom. The largest absolute Gasteiger partial charge is 0.573 e. The summed E-state index contributed by atoms with van der Waals surface area (Å²) in [5, 5.41) is 14.8. The molecule has 0 fully saturated rings. The molecule has 5 N–H and O–H groups in total. The third-order valence-electron chi connectivity index (χ3n) is 3.81. The van der Waals surface area contributed by atoms with Crippen molar-refractivity contribution in [2.45, 2.75) is 12.8 Å². The van der Waals surface area contributed by atoms with Crippen LogP contribution in [0.4, 0.5) is 34.1 Å². The molecule has 13 heteroatoms. The molecule has 2 aromatic carbocycles. The fourth-order valence-electron chi connectivity index (χ4n) is 2.41. The number of hydrogen-bond acceptors (Lipinski definition) is 6. The monoisotopic (exact) mass is 458 g/mol. The first-order valence-corrected chi connectivity index (χ1v) is 9.09. The van der Waals surface area contributed by atoms with Crippen LogP contribution >= 0.6 is 0 Å². The summed E-state index contributed by atoms with van der Waals surface area (Å²) in [5.74, 6) is 0.205. The number of nitrogens with one attached hydrogen (secondary N) is 2. The van der Waals surface area contributed by atoms with Gasteiger partial charge in [-0.1, -0.05) is 0 Å². The van der Waals surface area contributed by atoms with Gasteiger partial charge in [0.25, 0.3) is 0 Å². The number of nitrogens with two attached hydrogens (primary N) is 1. The van der Waals surface area contributed by atoms with Crippen molar-refractivity contribution >= 4 is 23.4 Å². The van der Waals surface area contributed by atoms with Crippen molar-refractivity contribution < 1.29 is 42.2 Å². The SMILES string of the molecule is COc1cc(N(O)C(N)=O)ccc1OCCCNC(=O)Nc1ccc(OC(F)(F)F)cc1. The van der Waals surface area contributed by atoms with E-state index in [0.717, 1.165) is 12.1 Å². The average Bonchev–Trinajstić information content (AvgIpc) is 2.73. The number of primary amides is 1. The highest BCUT2D eigenvalue weighted by Gasteiger charge is 2.30. The molecule has 10 nitrogen and oxygen atoms in total. The van der Waals surface area contributed by atoms with Crippen molar-refractivity contribution in [3.8, 4) is 17.2 Å². The molecule has 0 saturated heterocycles. The van der Waals surface area contributed by atoms with Gasteiger partial charge in [-0.3, -0.25) is 5.21 Å². The molecule has 4 amide bonds. The molecule has 174 valence electrons. The average molecular weight is 458 g/mol. The second-order valence-electron chi connectivity index (χ2n) is 6.14. The van der Waals surface area contributed by atoms with E-state index in [2.05, 4.69) is 15.4 Å². The van der Waals surface area contributed by atoms with E-state index in [1.165, 1.54) is 37.4 Å². The lowest BCUT2D eigenvalue weighted by Crippen LogP contribution is -2.32. The van der Waals surface area contributed by atoms with Crippen LogP contribution in [0.1, 0.15) is 6.42 Å². The molecular weight excluding hydrogens is 437 g/mol. The number of amides is 4. The summed E-state index contributed by atoms with van der Waals surface area (Å²) < 4.78 is 50.9. The molecule has 0 radical (unpaired) electrons. The minimum absolute atomic E-state index is 0.0954. The summed E-state index contributed by atoms with van der Waals surface area (Å²) in [6.45, 7) is 0.450. The molecule has 0 spiro atoms. The Kier molecular flexibility index (Phi) is 8.35. The first-order valence-electron chi connectivity index (χ1n) is 9.09. The van der Waals surface area contributed by atoms with Crippen LogP contribution in [0.3, 0.4) is 0 Å². The lowest BCUT2D eigenvalue weighted by molar-refractivity contribution is -0.274. The number of methoxy groups -OCH3 is 1. The Morgan fingerprint density at radius 2 is 1.81 bits per heavy atom. The number of hydrogen-bond donors (Lipinski definition) is 4. The highest BCUT2D eigenvalue weighted by atomic mass is 19.4. The van der Waals surface area contributed by atoms with Crippen LogP contribution in [0.25, 0.3) is 0 Å². The molecule has 0 saturated carbocycles. The smallest absolute Gasteiger partial charge is 0.493 e. The standard InChI is InChI=1S/C19H21F3N4O6/c1-30-16-11-13(26(29)17(23)27)5-8-15(16)31-10-2-9-24-18(28)25-12-3-6-14(7-4-12)32-19(20,21)22/h3-8,11,29H,2,9-10H2,1H3,(H2,23,27)(H2,24,25,28). The van der Waals surface area contributed by atoms with Crippen LogP contribution in [0.5, 0.6) is 17.2 Å². The summed E-state index contributed by atoms with van der Waals surface area (Å²) in [4.78, 5) is 22.9. The van der Waals surface area contributed by atoms with Crippen molar-refractivity contribution in [3.05, 3.63) is 42.5 Å². The summed E-state index contributed by atoms with van der Waals surface area (Å²) in [7, 11) is 1.38. The molecule has 0 atom stereocenters. The Morgan fingerprint density at radius 1 is 1.12 bits per heavy atom. The summed E-state index contributed by atoms with van der Waals surface area (Å²) in [5.41, 5.74) is 5.37. The number of benzene rings is 2. The molecule has 0 aliphatic rings. The van der Waals surface area contributed by atoms with Crippen LogP contribution in [0.2, 0.25) is 0 Å². The maximum absolute atomic E-state index is 12.1. The maximum atomic E-state index is 12.1. The first-order chi connectivity index (χ1) is 15.1. The third-order valence-corrected chi connectivity index (χ3v) is 3.81. The molecule has 32 heavy (non-hydrogen) atoms. The Hall–Kier alpha value is -3.87. The van der Waals surface area contributed by atoms with Gasteiger partial charge >= 0.3 is 18.4 Å². The molecule has 0 bridgehead atoms. The van der Waals surface area contributed by atoms with Crippen molar-refractivity contribution in [2.24, 2.45) is 5.73 Å². The van der Waals surface area contributed by atoms with Crippen molar-refractivity contribution in [1.82, 2.24) is 5.32 Å². The Balaban J connectivity index is 1.74. The number of carbonyl (C=O) groups excluding carboxylic acids is 2. The van der Waals surface area contributed by atoms with Crippen LogP contribution < -0.4 is 35.6 Å². The van der Waals surface area contributed by atoms with Gasteiger partial charge < -0.3 is 30.6 Å². The van der Waals surface area contributed by atoms with Gasteiger partial charge in [-0.25, -0.2) is 9.59 Å². The number of ether oxygens (including phenoxy) is 3. The summed E-state index contributed by atoms with van der Waals surface area (Å²) >= 11 is 0. The van der Waals surface area contributed by atoms with Gasteiger partial charge in [0.1, 0.15) is 5.75 Å². The zero-order valence-electron chi connectivity index (χ0n) is 16.8. The molecular formula is C19H21F3N4O6.